The third kappa shape index (κ3) is 5.86. The molecule has 0 fully saturated rings. The Morgan fingerprint density at radius 2 is 1.71 bits per heavy atom. The van der Waals surface area contributed by atoms with Gasteiger partial charge in [0.2, 0.25) is 5.91 Å². The number of nitrogens with two attached hydrogens (primary N) is 1. The Hall–Kier alpha value is -1.63. The molecule has 2 atom stereocenters. The summed E-state index contributed by atoms with van der Waals surface area (Å²) in [4.78, 5) is 32.6. The first kappa shape index (κ1) is 15.4. The minimum Gasteiger partial charge on any atom is -0.480 e. The van der Waals surface area contributed by atoms with Gasteiger partial charge in [0, 0.05) is 6.42 Å². The number of nitrogens with one attached hydrogen (secondary N) is 1. The molecule has 1 amide bonds. The molecule has 0 aromatic rings. The Balaban J connectivity index is 4.16. The lowest BCUT2D eigenvalue weighted by Gasteiger charge is -2.18. The van der Waals surface area contributed by atoms with E-state index in [2.05, 4.69) is 5.32 Å². The first-order valence-electron chi connectivity index (χ1n) is 5.26. The van der Waals surface area contributed by atoms with Crippen LogP contribution in [0.2, 0.25) is 0 Å². The minimum atomic E-state index is -1.18. The van der Waals surface area contributed by atoms with Crippen LogP contribution in [0.5, 0.6) is 0 Å². The Bertz CT molecular complexity index is 303. The van der Waals surface area contributed by atoms with Crippen LogP contribution < -0.4 is 11.1 Å². The number of carbonyl (C=O) groups excluding carboxylic acids is 1. The molecule has 98 valence electrons. The zero-order valence-corrected chi connectivity index (χ0v) is 9.84. The van der Waals surface area contributed by atoms with Crippen molar-refractivity contribution < 1.29 is 24.6 Å². The van der Waals surface area contributed by atoms with Crippen molar-refractivity contribution in [2.45, 2.75) is 38.8 Å². The minimum absolute atomic E-state index is 0.0222. The average Bonchev–Trinajstić information content (AvgIpc) is 2.21. The van der Waals surface area contributed by atoms with Crippen molar-refractivity contribution in [3.63, 3.8) is 0 Å². The molecular formula is C10H18N2O5. The summed E-state index contributed by atoms with van der Waals surface area (Å²) in [5, 5.41) is 19.7. The van der Waals surface area contributed by atoms with Gasteiger partial charge in [-0.15, -0.1) is 0 Å². The maximum Gasteiger partial charge on any atom is 0.326 e. The molecule has 0 aromatic carbocycles. The second-order valence-electron chi connectivity index (χ2n) is 4.11. The third-order valence-electron chi connectivity index (χ3n) is 2.25. The predicted octanol–water partition coefficient (Wildman–Crippen LogP) is -0.596. The molecule has 0 aliphatic rings. The second-order valence-corrected chi connectivity index (χ2v) is 4.11. The molecule has 0 spiro atoms. The van der Waals surface area contributed by atoms with Gasteiger partial charge in [-0.1, -0.05) is 13.8 Å². The van der Waals surface area contributed by atoms with Crippen LogP contribution in [0.15, 0.2) is 0 Å². The molecule has 0 aliphatic carbocycles. The summed E-state index contributed by atoms with van der Waals surface area (Å²) in [6.45, 7) is 3.34. The predicted molar refractivity (Wildman–Crippen MR) is 59.2 cm³/mol. The van der Waals surface area contributed by atoms with Crippen LogP contribution in [0.3, 0.4) is 0 Å². The van der Waals surface area contributed by atoms with Gasteiger partial charge in [-0.05, 0) is 12.3 Å². The first-order chi connectivity index (χ1) is 7.75. The lowest BCUT2D eigenvalue weighted by molar-refractivity contribution is -0.143. The fraction of sp³-hybridized carbons (Fsp3) is 0.700. The van der Waals surface area contributed by atoms with E-state index in [0.29, 0.717) is 0 Å². The van der Waals surface area contributed by atoms with E-state index in [-0.39, 0.29) is 18.8 Å². The number of aliphatic carboxylic acids is 2. The van der Waals surface area contributed by atoms with Crippen LogP contribution in [-0.4, -0.2) is 40.1 Å². The zero-order chi connectivity index (χ0) is 13.6. The highest BCUT2D eigenvalue weighted by atomic mass is 16.4. The van der Waals surface area contributed by atoms with Crippen molar-refractivity contribution in [1.82, 2.24) is 5.32 Å². The van der Waals surface area contributed by atoms with Gasteiger partial charge in [-0.25, -0.2) is 4.79 Å². The van der Waals surface area contributed by atoms with E-state index in [1.807, 2.05) is 0 Å². The summed E-state index contributed by atoms with van der Waals surface area (Å²) in [7, 11) is 0. The molecule has 0 rings (SSSR count). The summed E-state index contributed by atoms with van der Waals surface area (Å²) < 4.78 is 0. The Morgan fingerprint density at radius 1 is 1.18 bits per heavy atom. The zero-order valence-electron chi connectivity index (χ0n) is 9.84. The third-order valence-corrected chi connectivity index (χ3v) is 2.25. The van der Waals surface area contributed by atoms with Gasteiger partial charge in [0.05, 0.1) is 0 Å². The molecule has 0 aromatic heterocycles. The summed E-state index contributed by atoms with van der Waals surface area (Å²) in [5.41, 5.74) is 5.22. The molecule has 2 unspecified atom stereocenters. The standard InChI is InChI=1S/C10H18N2O5/c1-5(2)8(10(16)17)12-7(13)4-3-6(11)9(14)15/h5-6,8H,3-4,11H2,1-2H3,(H,12,13)(H,14,15)(H,16,17). The molecule has 7 heteroatoms. The number of rotatable bonds is 7. The van der Waals surface area contributed by atoms with Crippen LogP contribution in [0.4, 0.5) is 0 Å². The van der Waals surface area contributed by atoms with E-state index in [0.717, 1.165) is 0 Å². The SMILES string of the molecule is CC(C)C(NC(=O)CCC(N)C(=O)O)C(=O)O. The molecule has 0 saturated carbocycles. The molecule has 0 bridgehead atoms. The summed E-state index contributed by atoms with van der Waals surface area (Å²) >= 11 is 0. The topological polar surface area (TPSA) is 130 Å². The smallest absolute Gasteiger partial charge is 0.326 e. The highest BCUT2D eigenvalue weighted by Crippen LogP contribution is 2.03. The van der Waals surface area contributed by atoms with E-state index >= 15 is 0 Å². The molecule has 0 saturated heterocycles. The largest absolute Gasteiger partial charge is 0.480 e. The van der Waals surface area contributed by atoms with Crippen LogP contribution in [0.25, 0.3) is 0 Å². The number of carbonyl (C=O) groups is 3. The number of hydrogen-bond donors (Lipinski definition) is 4. The van der Waals surface area contributed by atoms with Crippen molar-refractivity contribution in [2.24, 2.45) is 11.7 Å². The normalized spacial score (nSPS) is 14.1. The lowest BCUT2D eigenvalue weighted by Crippen LogP contribution is -2.44. The first-order valence-corrected chi connectivity index (χ1v) is 5.26. The molecular weight excluding hydrogens is 228 g/mol. The molecule has 0 radical (unpaired) electrons. The number of carboxylic acids is 2. The molecule has 0 aliphatic heterocycles. The number of hydrogen-bond acceptors (Lipinski definition) is 4. The van der Waals surface area contributed by atoms with Crippen LogP contribution in [0, 0.1) is 5.92 Å². The quantitative estimate of drug-likeness (QED) is 0.474. The van der Waals surface area contributed by atoms with Gasteiger partial charge in [-0.2, -0.15) is 0 Å². The monoisotopic (exact) mass is 246 g/mol. The van der Waals surface area contributed by atoms with E-state index < -0.39 is 29.9 Å². The number of carboxylic acid groups (broad SMARTS) is 2. The van der Waals surface area contributed by atoms with E-state index in [1.54, 1.807) is 13.8 Å². The maximum absolute atomic E-state index is 11.4. The van der Waals surface area contributed by atoms with Crippen LogP contribution in [0.1, 0.15) is 26.7 Å². The lowest BCUT2D eigenvalue weighted by atomic mass is 10.0. The average molecular weight is 246 g/mol. The van der Waals surface area contributed by atoms with Crippen molar-refractivity contribution in [2.75, 3.05) is 0 Å². The van der Waals surface area contributed by atoms with E-state index in [4.69, 9.17) is 15.9 Å². The van der Waals surface area contributed by atoms with Crippen LogP contribution >= 0.6 is 0 Å². The number of amides is 1. The highest BCUT2D eigenvalue weighted by molar-refractivity contribution is 5.84. The van der Waals surface area contributed by atoms with Crippen molar-refractivity contribution in [3.8, 4) is 0 Å². The van der Waals surface area contributed by atoms with Gasteiger partial charge >= 0.3 is 11.9 Å². The van der Waals surface area contributed by atoms with E-state index in [1.165, 1.54) is 0 Å². The van der Waals surface area contributed by atoms with Gasteiger partial charge in [-0.3, -0.25) is 9.59 Å². The van der Waals surface area contributed by atoms with Gasteiger partial charge in [0.15, 0.2) is 0 Å². The van der Waals surface area contributed by atoms with E-state index in [9.17, 15) is 14.4 Å². The molecule has 17 heavy (non-hydrogen) atoms. The van der Waals surface area contributed by atoms with Gasteiger partial charge < -0.3 is 21.3 Å². The van der Waals surface area contributed by atoms with Gasteiger partial charge in [0.1, 0.15) is 12.1 Å². The van der Waals surface area contributed by atoms with Crippen molar-refractivity contribution >= 4 is 17.8 Å². The molecule has 0 heterocycles. The second kappa shape index (κ2) is 6.85. The summed E-state index contributed by atoms with van der Waals surface area (Å²) in [5.74, 6) is -3.06. The van der Waals surface area contributed by atoms with Crippen LogP contribution in [-0.2, 0) is 14.4 Å². The Morgan fingerprint density at radius 3 is 2.06 bits per heavy atom. The summed E-state index contributed by atoms with van der Waals surface area (Å²) in [6.07, 6.45) is -0.129. The fourth-order valence-corrected chi connectivity index (χ4v) is 1.17. The van der Waals surface area contributed by atoms with Crippen molar-refractivity contribution in [1.29, 1.82) is 0 Å². The fourth-order valence-electron chi connectivity index (χ4n) is 1.17. The Labute approximate surface area is 99.0 Å². The summed E-state index contributed by atoms with van der Waals surface area (Å²) in [6, 6.07) is -2.08. The van der Waals surface area contributed by atoms with Gasteiger partial charge in [0.25, 0.3) is 0 Å². The Kier molecular flexibility index (Phi) is 6.19. The maximum atomic E-state index is 11.4. The highest BCUT2D eigenvalue weighted by Gasteiger charge is 2.23. The molecule has 7 nitrogen and oxygen atoms in total. The van der Waals surface area contributed by atoms with Crippen molar-refractivity contribution in [3.05, 3.63) is 0 Å². The molecule has 5 N–H and O–H groups in total.